The summed E-state index contributed by atoms with van der Waals surface area (Å²) in [5.74, 6) is 0.859. The van der Waals surface area contributed by atoms with E-state index in [0.29, 0.717) is 0 Å². The highest BCUT2D eigenvalue weighted by Crippen LogP contribution is 2.64. The molecule has 16 heavy (non-hydrogen) atoms. The highest BCUT2D eigenvalue weighted by Gasteiger charge is 2.56. The molecule has 2 aliphatic carbocycles. The smallest absolute Gasteiger partial charge is 0.403 e. The molecule has 1 spiro atoms. The molecule has 0 aromatic carbocycles. The molecule has 1 heterocycles. The number of hydrogen-bond donors (Lipinski definition) is 0. The Labute approximate surface area is 99.2 Å². The van der Waals surface area contributed by atoms with Crippen molar-refractivity contribution in [2.24, 2.45) is 11.3 Å². The fourth-order valence-electron chi connectivity index (χ4n) is 3.25. The van der Waals surface area contributed by atoms with Crippen LogP contribution in [0.3, 0.4) is 0 Å². The van der Waals surface area contributed by atoms with Crippen molar-refractivity contribution in [2.45, 2.75) is 70.9 Å². The molecule has 2 saturated carbocycles. The highest BCUT2D eigenvalue weighted by atomic mass is 16.7. The van der Waals surface area contributed by atoms with Gasteiger partial charge >= 0.3 is 7.12 Å². The van der Waals surface area contributed by atoms with E-state index in [2.05, 4.69) is 27.7 Å². The van der Waals surface area contributed by atoms with E-state index in [1.165, 1.54) is 25.7 Å². The molecular formula is C13H23BO2. The van der Waals surface area contributed by atoms with Gasteiger partial charge in [-0.2, -0.15) is 0 Å². The average Bonchev–Trinajstić information content (AvgIpc) is 2.76. The van der Waals surface area contributed by atoms with Gasteiger partial charge in [-0.05, 0) is 71.0 Å². The van der Waals surface area contributed by atoms with Crippen LogP contribution in [-0.4, -0.2) is 18.3 Å². The molecule has 0 bridgehead atoms. The molecule has 2 nitrogen and oxygen atoms in total. The van der Waals surface area contributed by atoms with E-state index in [1.54, 1.807) is 0 Å². The van der Waals surface area contributed by atoms with E-state index in [0.717, 1.165) is 17.7 Å². The molecule has 0 aromatic rings. The Balaban J connectivity index is 1.54. The molecule has 0 unspecified atom stereocenters. The molecule has 0 N–H and O–H groups in total. The Morgan fingerprint density at radius 1 is 1.00 bits per heavy atom. The van der Waals surface area contributed by atoms with E-state index in [-0.39, 0.29) is 18.3 Å². The molecule has 3 heteroatoms. The van der Waals surface area contributed by atoms with Gasteiger partial charge in [0.2, 0.25) is 0 Å². The second kappa shape index (κ2) is 3.05. The largest absolute Gasteiger partial charge is 0.458 e. The third kappa shape index (κ3) is 1.63. The van der Waals surface area contributed by atoms with Gasteiger partial charge in [0.1, 0.15) is 0 Å². The lowest BCUT2D eigenvalue weighted by Crippen LogP contribution is -2.41. The van der Waals surface area contributed by atoms with E-state index in [1.807, 2.05) is 0 Å². The molecule has 3 aliphatic rings. The summed E-state index contributed by atoms with van der Waals surface area (Å²) in [6.45, 7) is 8.54. The van der Waals surface area contributed by atoms with Gasteiger partial charge in [-0.15, -0.1) is 0 Å². The van der Waals surface area contributed by atoms with Crippen molar-refractivity contribution in [3.63, 3.8) is 0 Å². The quantitative estimate of drug-likeness (QED) is 0.667. The zero-order valence-corrected chi connectivity index (χ0v) is 11.0. The van der Waals surface area contributed by atoms with E-state index in [9.17, 15) is 0 Å². The van der Waals surface area contributed by atoms with E-state index >= 15 is 0 Å². The van der Waals surface area contributed by atoms with Crippen molar-refractivity contribution in [2.75, 3.05) is 0 Å². The molecular weight excluding hydrogens is 199 g/mol. The Hall–Kier alpha value is -0.0151. The normalized spacial score (nSPS) is 34.1. The Bertz CT molecular complexity index is 283. The standard InChI is InChI=1S/C13H23BO2/c1-11(2)12(3,4)16-14(15-11)9-10-7-13(8-10)5-6-13/h10H,5-9H2,1-4H3. The summed E-state index contributed by atoms with van der Waals surface area (Å²) in [7, 11) is 0.0334. The Morgan fingerprint density at radius 2 is 1.50 bits per heavy atom. The van der Waals surface area contributed by atoms with Crippen LogP contribution in [0.2, 0.25) is 6.32 Å². The molecule has 3 rings (SSSR count). The molecule has 1 saturated heterocycles. The second-order valence-corrected chi connectivity index (χ2v) is 7.20. The Morgan fingerprint density at radius 3 is 1.94 bits per heavy atom. The van der Waals surface area contributed by atoms with Gasteiger partial charge in [0, 0.05) is 0 Å². The van der Waals surface area contributed by atoms with Crippen LogP contribution < -0.4 is 0 Å². The lowest BCUT2D eigenvalue weighted by molar-refractivity contribution is 0.00578. The summed E-state index contributed by atoms with van der Waals surface area (Å²) < 4.78 is 12.1. The van der Waals surface area contributed by atoms with Crippen LogP contribution in [0.15, 0.2) is 0 Å². The molecule has 3 fully saturated rings. The minimum absolute atomic E-state index is 0.0334. The van der Waals surface area contributed by atoms with Gasteiger partial charge < -0.3 is 9.31 Å². The molecule has 0 atom stereocenters. The third-order valence-electron chi connectivity index (χ3n) is 5.23. The van der Waals surface area contributed by atoms with Crippen LogP contribution in [0.1, 0.15) is 53.4 Å². The monoisotopic (exact) mass is 222 g/mol. The fraction of sp³-hybridized carbons (Fsp3) is 1.00. The third-order valence-corrected chi connectivity index (χ3v) is 5.23. The minimum atomic E-state index is -0.154. The van der Waals surface area contributed by atoms with E-state index in [4.69, 9.17) is 9.31 Å². The second-order valence-electron chi connectivity index (χ2n) is 7.20. The number of rotatable bonds is 2. The molecule has 1 aliphatic heterocycles. The highest BCUT2D eigenvalue weighted by molar-refractivity contribution is 6.45. The summed E-state index contributed by atoms with van der Waals surface area (Å²) in [5.41, 5.74) is 0.492. The zero-order valence-electron chi connectivity index (χ0n) is 11.0. The maximum atomic E-state index is 6.04. The summed E-state index contributed by atoms with van der Waals surface area (Å²) in [6, 6.07) is 0. The van der Waals surface area contributed by atoms with Gasteiger partial charge in [0.05, 0.1) is 11.2 Å². The Kier molecular flexibility index (Phi) is 2.12. The zero-order chi connectivity index (χ0) is 11.6. The maximum absolute atomic E-state index is 6.04. The van der Waals surface area contributed by atoms with Crippen LogP contribution in [0, 0.1) is 11.3 Å². The van der Waals surface area contributed by atoms with Gasteiger partial charge in [0.15, 0.2) is 0 Å². The van der Waals surface area contributed by atoms with Gasteiger partial charge in [-0.3, -0.25) is 0 Å². The SMILES string of the molecule is CC1(C)OB(CC2CC3(CC3)C2)OC1(C)C. The molecule has 0 amide bonds. The lowest BCUT2D eigenvalue weighted by Gasteiger charge is -2.36. The fourth-order valence-corrected chi connectivity index (χ4v) is 3.25. The molecule has 0 aromatic heterocycles. The first-order valence-electron chi connectivity index (χ1n) is 6.68. The van der Waals surface area contributed by atoms with Crippen molar-refractivity contribution >= 4 is 7.12 Å². The van der Waals surface area contributed by atoms with Crippen molar-refractivity contribution < 1.29 is 9.31 Å². The van der Waals surface area contributed by atoms with E-state index < -0.39 is 0 Å². The van der Waals surface area contributed by atoms with Gasteiger partial charge in [-0.25, -0.2) is 0 Å². The average molecular weight is 222 g/mol. The first-order valence-corrected chi connectivity index (χ1v) is 6.68. The van der Waals surface area contributed by atoms with Gasteiger partial charge in [0.25, 0.3) is 0 Å². The summed E-state index contributed by atoms with van der Waals surface area (Å²) in [6.07, 6.45) is 6.92. The first-order chi connectivity index (χ1) is 7.32. The first kappa shape index (κ1) is 11.1. The van der Waals surface area contributed by atoms with Crippen molar-refractivity contribution in [1.82, 2.24) is 0 Å². The summed E-state index contributed by atoms with van der Waals surface area (Å²) in [5, 5.41) is 0. The topological polar surface area (TPSA) is 18.5 Å². The van der Waals surface area contributed by atoms with Crippen LogP contribution in [0.5, 0.6) is 0 Å². The van der Waals surface area contributed by atoms with Crippen LogP contribution in [0.4, 0.5) is 0 Å². The van der Waals surface area contributed by atoms with Crippen molar-refractivity contribution in [3.8, 4) is 0 Å². The lowest BCUT2D eigenvalue weighted by atomic mass is 9.62. The number of hydrogen-bond acceptors (Lipinski definition) is 2. The molecule has 0 radical (unpaired) electrons. The van der Waals surface area contributed by atoms with Crippen LogP contribution in [0.25, 0.3) is 0 Å². The van der Waals surface area contributed by atoms with Crippen molar-refractivity contribution in [3.05, 3.63) is 0 Å². The predicted molar refractivity (Wildman–Crippen MR) is 65.3 cm³/mol. The van der Waals surface area contributed by atoms with Crippen LogP contribution in [-0.2, 0) is 9.31 Å². The predicted octanol–water partition coefficient (Wildman–Crippen LogP) is 3.27. The van der Waals surface area contributed by atoms with Crippen molar-refractivity contribution in [1.29, 1.82) is 0 Å². The molecule has 90 valence electrons. The maximum Gasteiger partial charge on any atom is 0.458 e. The summed E-state index contributed by atoms with van der Waals surface area (Å²) >= 11 is 0. The van der Waals surface area contributed by atoms with Gasteiger partial charge in [-0.1, -0.05) is 0 Å². The summed E-state index contributed by atoms with van der Waals surface area (Å²) in [4.78, 5) is 0. The van der Waals surface area contributed by atoms with Crippen LogP contribution >= 0.6 is 0 Å². The minimum Gasteiger partial charge on any atom is -0.403 e.